The molecule has 1 aliphatic rings. The maximum Gasteiger partial charge on any atom is 0.306 e. The molecule has 5 nitrogen and oxygen atoms in total. The standard InChI is InChI=1S/C18H24N2O3/c1-20(2)8-6-13-11-19-15-5-3-4-14(17(13)15)16-10-12(18(21)22)7-9-23-16/h3-5,11-12,16,19H,6-10H2,1-2H3,(H,21,22). The average Bonchev–Trinajstić information content (AvgIpc) is 2.96. The lowest BCUT2D eigenvalue weighted by atomic mass is 9.89. The van der Waals surface area contributed by atoms with Gasteiger partial charge in [-0.25, -0.2) is 0 Å². The zero-order valence-corrected chi connectivity index (χ0v) is 13.7. The molecule has 0 radical (unpaired) electrons. The summed E-state index contributed by atoms with van der Waals surface area (Å²) in [6, 6.07) is 6.15. The van der Waals surface area contributed by atoms with Gasteiger partial charge in [-0.3, -0.25) is 4.79 Å². The summed E-state index contributed by atoms with van der Waals surface area (Å²) in [5.41, 5.74) is 3.48. The first-order valence-corrected chi connectivity index (χ1v) is 8.14. The number of carbonyl (C=O) groups is 1. The van der Waals surface area contributed by atoms with Crippen LogP contribution in [0, 0.1) is 5.92 Å². The first-order valence-electron chi connectivity index (χ1n) is 8.14. The highest BCUT2D eigenvalue weighted by molar-refractivity contribution is 5.87. The molecule has 1 aromatic heterocycles. The summed E-state index contributed by atoms with van der Waals surface area (Å²) in [7, 11) is 4.13. The van der Waals surface area contributed by atoms with Gasteiger partial charge >= 0.3 is 5.97 Å². The molecule has 5 heteroatoms. The molecule has 0 amide bonds. The number of fused-ring (bicyclic) bond motifs is 1. The lowest BCUT2D eigenvalue weighted by Crippen LogP contribution is -2.25. The largest absolute Gasteiger partial charge is 0.481 e. The Morgan fingerprint density at radius 1 is 1.43 bits per heavy atom. The number of carboxylic acids is 1. The smallest absolute Gasteiger partial charge is 0.306 e. The quantitative estimate of drug-likeness (QED) is 0.890. The second-order valence-electron chi connectivity index (χ2n) is 6.56. The normalized spacial score (nSPS) is 21.9. The fourth-order valence-electron chi connectivity index (χ4n) is 3.33. The first-order chi connectivity index (χ1) is 11.1. The van der Waals surface area contributed by atoms with Crippen LogP contribution < -0.4 is 0 Å². The Labute approximate surface area is 136 Å². The van der Waals surface area contributed by atoms with E-state index in [0.717, 1.165) is 24.0 Å². The van der Waals surface area contributed by atoms with E-state index in [4.69, 9.17) is 4.74 Å². The molecule has 2 unspecified atom stereocenters. The van der Waals surface area contributed by atoms with Crippen LogP contribution in [0.3, 0.4) is 0 Å². The number of nitrogens with zero attached hydrogens (tertiary/aromatic N) is 1. The van der Waals surface area contributed by atoms with E-state index in [2.05, 4.69) is 42.3 Å². The van der Waals surface area contributed by atoms with Gasteiger partial charge in [0.05, 0.1) is 12.0 Å². The molecule has 0 spiro atoms. The number of ether oxygens (including phenoxy) is 1. The monoisotopic (exact) mass is 316 g/mol. The summed E-state index contributed by atoms with van der Waals surface area (Å²) in [4.78, 5) is 16.8. The molecular formula is C18H24N2O3. The van der Waals surface area contributed by atoms with E-state index in [0.29, 0.717) is 19.4 Å². The molecule has 0 bridgehead atoms. The molecule has 1 aromatic carbocycles. The van der Waals surface area contributed by atoms with Crippen molar-refractivity contribution in [1.29, 1.82) is 0 Å². The molecule has 124 valence electrons. The van der Waals surface area contributed by atoms with Gasteiger partial charge in [0.15, 0.2) is 0 Å². The zero-order chi connectivity index (χ0) is 16.4. The molecule has 23 heavy (non-hydrogen) atoms. The maximum atomic E-state index is 11.3. The van der Waals surface area contributed by atoms with Gasteiger partial charge in [-0.15, -0.1) is 0 Å². The number of H-pyrrole nitrogens is 1. The van der Waals surface area contributed by atoms with E-state index in [1.807, 2.05) is 6.07 Å². The lowest BCUT2D eigenvalue weighted by Gasteiger charge is -2.28. The molecule has 2 atom stereocenters. The topological polar surface area (TPSA) is 65.6 Å². The van der Waals surface area contributed by atoms with Crippen molar-refractivity contribution in [2.24, 2.45) is 5.92 Å². The molecule has 0 aliphatic carbocycles. The Balaban J connectivity index is 1.93. The van der Waals surface area contributed by atoms with Gasteiger partial charge in [0.25, 0.3) is 0 Å². The minimum absolute atomic E-state index is 0.137. The van der Waals surface area contributed by atoms with Crippen molar-refractivity contribution in [2.75, 3.05) is 27.2 Å². The third-order valence-electron chi connectivity index (χ3n) is 4.63. The molecule has 1 aliphatic heterocycles. The van der Waals surface area contributed by atoms with Gasteiger partial charge in [-0.1, -0.05) is 12.1 Å². The van der Waals surface area contributed by atoms with Crippen LogP contribution >= 0.6 is 0 Å². The second-order valence-corrected chi connectivity index (χ2v) is 6.56. The molecular weight excluding hydrogens is 292 g/mol. The van der Waals surface area contributed by atoms with Crippen LogP contribution in [0.4, 0.5) is 0 Å². The number of hydrogen-bond donors (Lipinski definition) is 2. The minimum Gasteiger partial charge on any atom is -0.481 e. The molecule has 1 fully saturated rings. The van der Waals surface area contributed by atoms with Gasteiger partial charge in [0.2, 0.25) is 0 Å². The number of aromatic amines is 1. The lowest BCUT2D eigenvalue weighted by molar-refractivity contribution is -0.147. The number of carboxylic acid groups (broad SMARTS) is 1. The second kappa shape index (κ2) is 6.72. The van der Waals surface area contributed by atoms with Crippen LogP contribution in [0.2, 0.25) is 0 Å². The Morgan fingerprint density at radius 2 is 2.26 bits per heavy atom. The van der Waals surface area contributed by atoms with Gasteiger partial charge in [0.1, 0.15) is 0 Å². The summed E-state index contributed by atoms with van der Waals surface area (Å²) < 4.78 is 5.91. The van der Waals surface area contributed by atoms with Crippen molar-refractivity contribution >= 4 is 16.9 Å². The summed E-state index contributed by atoms with van der Waals surface area (Å²) in [6.07, 6.45) is 4.03. The predicted molar refractivity (Wildman–Crippen MR) is 89.6 cm³/mol. The predicted octanol–water partition coefficient (Wildman–Crippen LogP) is 2.82. The summed E-state index contributed by atoms with van der Waals surface area (Å²) >= 11 is 0. The molecule has 2 aromatic rings. The Bertz CT molecular complexity index is 693. The van der Waals surface area contributed by atoms with Crippen molar-refractivity contribution < 1.29 is 14.6 Å². The number of likely N-dealkylation sites (N-methyl/N-ethyl adjacent to an activating group) is 1. The van der Waals surface area contributed by atoms with Gasteiger partial charge in [-0.2, -0.15) is 0 Å². The van der Waals surface area contributed by atoms with E-state index in [1.54, 1.807) is 0 Å². The number of rotatable bonds is 5. The van der Waals surface area contributed by atoms with E-state index in [1.165, 1.54) is 10.9 Å². The van der Waals surface area contributed by atoms with Crippen LogP contribution in [0.1, 0.15) is 30.1 Å². The van der Waals surface area contributed by atoms with Crippen LogP contribution in [0.5, 0.6) is 0 Å². The maximum absolute atomic E-state index is 11.3. The third kappa shape index (κ3) is 3.41. The van der Waals surface area contributed by atoms with Crippen molar-refractivity contribution in [3.63, 3.8) is 0 Å². The molecule has 2 N–H and O–H groups in total. The number of aromatic nitrogens is 1. The highest BCUT2D eigenvalue weighted by atomic mass is 16.5. The Morgan fingerprint density at radius 3 is 3.00 bits per heavy atom. The average molecular weight is 316 g/mol. The van der Waals surface area contributed by atoms with Crippen LogP contribution in [0.15, 0.2) is 24.4 Å². The fourth-order valence-corrected chi connectivity index (χ4v) is 3.33. The number of nitrogens with one attached hydrogen (secondary N) is 1. The molecule has 3 rings (SSSR count). The number of aliphatic carboxylic acids is 1. The van der Waals surface area contributed by atoms with Crippen LogP contribution in [-0.2, 0) is 16.0 Å². The van der Waals surface area contributed by atoms with Crippen molar-refractivity contribution in [3.8, 4) is 0 Å². The fraction of sp³-hybridized carbons (Fsp3) is 0.500. The Kier molecular flexibility index (Phi) is 4.68. The Hall–Kier alpha value is -1.85. The van der Waals surface area contributed by atoms with Crippen molar-refractivity contribution in [3.05, 3.63) is 35.5 Å². The van der Waals surface area contributed by atoms with E-state index < -0.39 is 5.97 Å². The first kappa shape index (κ1) is 16.0. The highest BCUT2D eigenvalue weighted by Gasteiger charge is 2.30. The highest BCUT2D eigenvalue weighted by Crippen LogP contribution is 2.36. The van der Waals surface area contributed by atoms with E-state index in [9.17, 15) is 9.90 Å². The third-order valence-corrected chi connectivity index (χ3v) is 4.63. The van der Waals surface area contributed by atoms with Gasteiger partial charge in [-0.05, 0) is 50.6 Å². The summed E-state index contributed by atoms with van der Waals surface area (Å²) in [5, 5.41) is 10.5. The minimum atomic E-state index is -0.715. The van der Waals surface area contributed by atoms with Gasteiger partial charge in [0, 0.05) is 30.3 Å². The van der Waals surface area contributed by atoms with E-state index >= 15 is 0 Å². The SMILES string of the molecule is CN(C)CCc1c[nH]c2cccc(C3CC(C(=O)O)CCO3)c12. The van der Waals surface area contributed by atoms with Gasteiger partial charge < -0.3 is 19.7 Å². The molecule has 1 saturated heterocycles. The summed E-state index contributed by atoms with van der Waals surface area (Å²) in [5.74, 6) is -1.03. The molecule has 0 saturated carbocycles. The number of hydrogen-bond acceptors (Lipinski definition) is 3. The van der Waals surface area contributed by atoms with Crippen LogP contribution in [-0.4, -0.2) is 48.2 Å². The zero-order valence-electron chi connectivity index (χ0n) is 13.7. The molecule has 2 heterocycles. The van der Waals surface area contributed by atoms with Crippen molar-refractivity contribution in [1.82, 2.24) is 9.88 Å². The van der Waals surface area contributed by atoms with Crippen molar-refractivity contribution in [2.45, 2.75) is 25.4 Å². The van der Waals surface area contributed by atoms with Crippen LogP contribution in [0.25, 0.3) is 10.9 Å². The van der Waals surface area contributed by atoms with E-state index in [-0.39, 0.29) is 12.0 Å². The number of benzene rings is 1. The summed E-state index contributed by atoms with van der Waals surface area (Å²) in [6.45, 7) is 1.49.